The molecule has 2 amide bonds. The fourth-order valence-electron chi connectivity index (χ4n) is 1.70. The molecule has 0 atom stereocenters. The summed E-state index contributed by atoms with van der Waals surface area (Å²) in [6, 6.07) is 1.64. The van der Waals surface area contributed by atoms with E-state index in [9.17, 15) is 9.59 Å². The molecule has 1 rings (SSSR count). The standard InChI is InChI=1S/C12H20N4O2/c1-4-5-16-7-9(13)6-10(16)12(18)15(3)8-11(17)14-2/h6-7H,4-5,8,13H2,1-3H3,(H,14,17). The van der Waals surface area contributed by atoms with Crippen molar-refractivity contribution in [2.24, 2.45) is 0 Å². The Balaban J connectivity index is 2.85. The lowest BCUT2D eigenvalue weighted by Crippen LogP contribution is -2.37. The lowest BCUT2D eigenvalue weighted by atomic mass is 10.3. The number of nitrogens with one attached hydrogen (secondary N) is 1. The number of likely N-dealkylation sites (N-methyl/N-ethyl adjacent to an activating group) is 2. The molecule has 1 heterocycles. The van der Waals surface area contributed by atoms with Crippen molar-refractivity contribution in [3.63, 3.8) is 0 Å². The molecule has 6 nitrogen and oxygen atoms in total. The summed E-state index contributed by atoms with van der Waals surface area (Å²) in [7, 11) is 3.13. The number of rotatable bonds is 5. The highest BCUT2D eigenvalue weighted by Crippen LogP contribution is 2.13. The predicted octanol–water partition coefficient (Wildman–Crippen LogP) is 0.298. The summed E-state index contributed by atoms with van der Waals surface area (Å²) >= 11 is 0. The first kappa shape index (κ1) is 14.1. The van der Waals surface area contributed by atoms with Crippen LogP contribution >= 0.6 is 0 Å². The molecule has 6 heteroatoms. The van der Waals surface area contributed by atoms with Gasteiger partial charge in [-0.15, -0.1) is 0 Å². The average molecular weight is 252 g/mol. The molecule has 0 aliphatic carbocycles. The average Bonchev–Trinajstić information content (AvgIpc) is 2.69. The van der Waals surface area contributed by atoms with Crippen LogP contribution in [0.3, 0.4) is 0 Å². The zero-order chi connectivity index (χ0) is 13.7. The molecule has 0 fully saturated rings. The number of amides is 2. The van der Waals surface area contributed by atoms with E-state index in [1.54, 1.807) is 26.4 Å². The molecule has 0 aromatic carbocycles. The van der Waals surface area contributed by atoms with Crippen LogP contribution in [-0.4, -0.2) is 41.9 Å². The molecule has 0 radical (unpaired) electrons. The number of carbonyl (C=O) groups is 2. The number of nitrogens with two attached hydrogens (primary N) is 1. The van der Waals surface area contributed by atoms with E-state index < -0.39 is 0 Å². The van der Waals surface area contributed by atoms with Gasteiger partial charge in [-0.1, -0.05) is 6.92 Å². The lowest BCUT2D eigenvalue weighted by molar-refractivity contribution is -0.121. The van der Waals surface area contributed by atoms with Crippen LogP contribution in [0.15, 0.2) is 12.3 Å². The van der Waals surface area contributed by atoms with Gasteiger partial charge in [-0.2, -0.15) is 0 Å². The molecule has 0 saturated carbocycles. The van der Waals surface area contributed by atoms with E-state index in [0.717, 1.165) is 13.0 Å². The first-order valence-corrected chi connectivity index (χ1v) is 5.91. The van der Waals surface area contributed by atoms with E-state index in [1.165, 1.54) is 4.90 Å². The Morgan fingerprint density at radius 2 is 2.17 bits per heavy atom. The number of aryl methyl sites for hydroxylation is 1. The zero-order valence-corrected chi connectivity index (χ0v) is 11.1. The van der Waals surface area contributed by atoms with E-state index in [4.69, 9.17) is 5.73 Å². The predicted molar refractivity (Wildman–Crippen MR) is 70.2 cm³/mol. The number of nitrogens with zero attached hydrogens (tertiary/aromatic N) is 2. The molecule has 1 aromatic rings. The van der Waals surface area contributed by atoms with Gasteiger partial charge >= 0.3 is 0 Å². The van der Waals surface area contributed by atoms with Crippen LogP contribution in [0.4, 0.5) is 5.69 Å². The second kappa shape index (κ2) is 6.09. The minimum atomic E-state index is -0.205. The lowest BCUT2D eigenvalue weighted by Gasteiger charge is -2.17. The van der Waals surface area contributed by atoms with Gasteiger partial charge < -0.3 is 20.5 Å². The van der Waals surface area contributed by atoms with Gasteiger partial charge in [0.1, 0.15) is 5.69 Å². The third-order valence-electron chi connectivity index (χ3n) is 2.61. The van der Waals surface area contributed by atoms with Crippen molar-refractivity contribution in [1.82, 2.24) is 14.8 Å². The number of hydrogen-bond donors (Lipinski definition) is 2. The summed E-state index contributed by atoms with van der Waals surface area (Å²) in [5, 5.41) is 2.48. The van der Waals surface area contributed by atoms with Crippen molar-refractivity contribution in [1.29, 1.82) is 0 Å². The highest BCUT2D eigenvalue weighted by atomic mass is 16.2. The molecular formula is C12H20N4O2. The van der Waals surface area contributed by atoms with Crippen LogP contribution < -0.4 is 11.1 Å². The van der Waals surface area contributed by atoms with Crippen LogP contribution in [-0.2, 0) is 11.3 Å². The Kier molecular flexibility index (Phi) is 4.76. The summed E-state index contributed by atoms with van der Waals surface area (Å²) in [5.74, 6) is -0.406. The fourth-order valence-corrected chi connectivity index (χ4v) is 1.70. The molecule has 0 aliphatic heterocycles. The molecule has 0 unspecified atom stereocenters. The van der Waals surface area contributed by atoms with Gasteiger partial charge in [-0.25, -0.2) is 0 Å². The van der Waals surface area contributed by atoms with Gasteiger partial charge in [0.05, 0.1) is 12.2 Å². The van der Waals surface area contributed by atoms with Crippen molar-refractivity contribution in [2.45, 2.75) is 19.9 Å². The Bertz CT molecular complexity index is 439. The summed E-state index contributed by atoms with van der Waals surface area (Å²) in [5.41, 5.74) is 6.77. The highest BCUT2D eigenvalue weighted by Gasteiger charge is 2.18. The largest absolute Gasteiger partial charge is 0.397 e. The monoisotopic (exact) mass is 252 g/mol. The van der Waals surface area contributed by atoms with E-state index in [2.05, 4.69) is 5.32 Å². The molecule has 0 saturated heterocycles. The van der Waals surface area contributed by atoms with Crippen molar-refractivity contribution in [2.75, 3.05) is 26.4 Å². The first-order chi connectivity index (χ1) is 8.49. The minimum absolute atomic E-state index is 0.0343. The minimum Gasteiger partial charge on any atom is -0.397 e. The van der Waals surface area contributed by atoms with Crippen molar-refractivity contribution >= 4 is 17.5 Å². The van der Waals surface area contributed by atoms with Crippen LogP contribution in [0, 0.1) is 0 Å². The van der Waals surface area contributed by atoms with Gasteiger partial charge in [0.2, 0.25) is 5.91 Å². The maximum atomic E-state index is 12.2. The van der Waals surface area contributed by atoms with Crippen LogP contribution in [0.2, 0.25) is 0 Å². The second-order valence-electron chi connectivity index (χ2n) is 4.19. The molecule has 18 heavy (non-hydrogen) atoms. The smallest absolute Gasteiger partial charge is 0.270 e. The van der Waals surface area contributed by atoms with E-state index in [1.807, 2.05) is 11.5 Å². The molecule has 0 aliphatic rings. The first-order valence-electron chi connectivity index (χ1n) is 5.91. The number of hydrogen-bond acceptors (Lipinski definition) is 3. The topological polar surface area (TPSA) is 80.4 Å². The van der Waals surface area contributed by atoms with Gasteiger partial charge in [0.15, 0.2) is 0 Å². The number of aromatic nitrogens is 1. The fraction of sp³-hybridized carbons (Fsp3) is 0.500. The van der Waals surface area contributed by atoms with E-state index in [0.29, 0.717) is 11.4 Å². The van der Waals surface area contributed by atoms with Crippen molar-refractivity contribution in [3.05, 3.63) is 18.0 Å². The molecule has 0 spiro atoms. The van der Waals surface area contributed by atoms with Crippen LogP contribution in [0.1, 0.15) is 23.8 Å². The number of anilines is 1. The van der Waals surface area contributed by atoms with Gasteiger partial charge in [0, 0.05) is 26.8 Å². The summed E-state index contributed by atoms with van der Waals surface area (Å²) < 4.78 is 1.82. The molecule has 1 aromatic heterocycles. The third-order valence-corrected chi connectivity index (χ3v) is 2.61. The Morgan fingerprint density at radius 1 is 1.50 bits per heavy atom. The second-order valence-corrected chi connectivity index (χ2v) is 4.19. The summed E-state index contributed by atoms with van der Waals surface area (Å²) in [6.07, 6.45) is 2.65. The zero-order valence-electron chi connectivity index (χ0n) is 11.1. The van der Waals surface area contributed by atoms with Crippen molar-refractivity contribution in [3.8, 4) is 0 Å². The Hall–Kier alpha value is -1.98. The maximum absolute atomic E-state index is 12.2. The van der Waals surface area contributed by atoms with E-state index in [-0.39, 0.29) is 18.4 Å². The van der Waals surface area contributed by atoms with Gasteiger partial charge in [-0.3, -0.25) is 9.59 Å². The molecule has 100 valence electrons. The number of carbonyl (C=O) groups excluding carboxylic acids is 2. The van der Waals surface area contributed by atoms with Crippen molar-refractivity contribution < 1.29 is 9.59 Å². The normalized spacial score (nSPS) is 10.2. The Morgan fingerprint density at radius 3 is 2.72 bits per heavy atom. The molecular weight excluding hydrogens is 232 g/mol. The highest BCUT2D eigenvalue weighted by molar-refractivity contribution is 5.95. The number of nitrogen functional groups attached to an aromatic ring is 1. The van der Waals surface area contributed by atoms with E-state index >= 15 is 0 Å². The SMILES string of the molecule is CCCn1cc(N)cc1C(=O)N(C)CC(=O)NC. The van der Waals surface area contributed by atoms with Crippen LogP contribution in [0.25, 0.3) is 0 Å². The van der Waals surface area contributed by atoms with Crippen LogP contribution in [0.5, 0.6) is 0 Å². The van der Waals surface area contributed by atoms with Gasteiger partial charge in [-0.05, 0) is 12.5 Å². The quantitative estimate of drug-likeness (QED) is 0.791. The Labute approximate surface area is 107 Å². The maximum Gasteiger partial charge on any atom is 0.270 e. The summed E-state index contributed by atoms with van der Waals surface area (Å²) in [4.78, 5) is 24.8. The van der Waals surface area contributed by atoms with Gasteiger partial charge in [0.25, 0.3) is 5.91 Å². The molecule has 0 bridgehead atoms. The third kappa shape index (κ3) is 3.26. The molecule has 3 N–H and O–H groups in total. The summed E-state index contributed by atoms with van der Waals surface area (Å²) in [6.45, 7) is 2.79.